The molecule has 4 heteroatoms. The Balaban J connectivity index is 2.16. The van der Waals surface area contributed by atoms with Gasteiger partial charge < -0.3 is 10.1 Å². The van der Waals surface area contributed by atoms with Crippen LogP contribution in [0.2, 0.25) is 5.02 Å². The van der Waals surface area contributed by atoms with Crippen LogP contribution < -0.4 is 10.1 Å². The molecule has 2 aromatic rings. The molecule has 2 rings (SSSR count). The number of rotatable bonds is 5. The maximum atomic E-state index is 6.32. The van der Waals surface area contributed by atoms with Gasteiger partial charge in [0.25, 0.3) is 0 Å². The first-order valence-electron chi connectivity index (χ1n) is 6.87. The van der Waals surface area contributed by atoms with Gasteiger partial charge in [-0.05, 0) is 37.6 Å². The Morgan fingerprint density at radius 1 is 1.05 bits per heavy atom. The number of hydrogen-bond donors (Lipinski definition) is 1. The van der Waals surface area contributed by atoms with Crippen molar-refractivity contribution in [2.75, 3.05) is 7.11 Å². The van der Waals surface area contributed by atoms with E-state index in [9.17, 15) is 0 Å². The molecule has 2 atom stereocenters. The Kier molecular flexibility index (Phi) is 5.68. The van der Waals surface area contributed by atoms with Crippen molar-refractivity contribution in [3.63, 3.8) is 0 Å². The molecule has 0 amide bonds. The highest BCUT2D eigenvalue weighted by Crippen LogP contribution is 2.30. The molecular weight excluding hydrogens is 350 g/mol. The maximum absolute atomic E-state index is 6.32. The molecule has 0 aromatic heterocycles. The summed E-state index contributed by atoms with van der Waals surface area (Å²) in [6, 6.07) is 14.3. The first kappa shape index (κ1) is 16.3. The summed E-state index contributed by atoms with van der Waals surface area (Å²) >= 11 is 9.75. The lowest BCUT2D eigenvalue weighted by atomic mass is 10.0. The highest BCUT2D eigenvalue weighted by molar-refractivity contribution is 9.10. The third-order valence-electron chi connectivity index (χ3n) is 3.53. The molecule has 0 saturated carbocycles. The lowest BCUT2D eigenvalue weighted by molar-refractivity contribution is 0.396. The van der Waals surface area contributed by atoms with Gasteiger partial charge in [0.15, 0.2) is 0 Å². The van der Waals surface area contributed by atoms with Gasteiger partial charge in [-0.25, -0.2) is 0 Å². The normalized spacial score (nSPS) is 13.8. The van der Waals surface area contributed by atoms with Gasteiger partial charge in [-0.1, -0.05) is 51.8 Å². The van der Waals surface area contributed by atoms with Crippen LogP contribution in [0, 0.1) is 0 Å². The van der Waals surface area contributed by atoms with Crippen molar-refractivity contribution < 1.29 is 4.74 Å². The molecule has 0 bridgehead atoms. The molecule has 112 valence electrons. The zero-order chi connectivity index (χ0) is 15.4. The van der Waals surface area contributed by atoms with Crippen LogP contribution in [0.5, 0.6) is 5.75 Å². The molecule has 2 unspecified atom stereocenters. The molecule has 0 spiro atoms. The number of para-hydroxylation sites is 1. The first-order valence-corrected chi connectivity index (χ1v) is 8.04. The predicted molar refractivity (Wildman–Crippen MR) is 92.1 cm³/mol. The topological polar surface area (TPSA) is 21.3 Å². The van der Waals surface area contributed by atoms with E-state index in [1.807, 2.05) is 36.4 Å². The average Bonchev–Trinajstić information content (AvgIpc) is 2.46. The molecule has 0 radical (unpaired) electrons. The van der Waals surface area contributed by atoms with Crippen molar-refractivity contribution in [1.82, 2.24) is 5.32 Å². The largest absolute Gasteiger partial charge is 0.496 e. The molecule has 0 fully saturated rings. The predicted octanol–water partition coefficient (Wildman–Crippen LogP) is 5.52. The maximum Gasteiger partial charge on any atom is 0.123 e. The number of hydrogen-bond acceptors (Lipinski definition) is 2. The van der Waals surface area contributed by atoms with Crippen LogP contribution in [-0.4, -0.2) is 7.11 Å². The summed E-state index contributed by atoms with van der Waals surface area (Å²) in [6.45, 7) is 4.24. The number of benzene rings is 2. The summed E-state index contributed by atoms with van der Waals surface area (Å²) < 4.78 is 6.41. The number of halogens is 2. The van der Waals surface area contributed by atoms with E-state index >= 15 is 0 Å². The lowest BCUT2D eigenvalue weighted by Gasteiger charge is -2.23. The van der Waals surface area contributed by atoms with Gasteiger partial charge in [0.1, 0.15) is 5.75 Å². The van der Waals surface area contributed by atoms with E-state index in [4.69, 9.17) is 16.3 Å². The minimum Gasteiger partial charge on any atom is -0.496 e. The summed E-state index contributed by atoms with van der Waals surface area (Å²) in [5.74, 6) is 0.895. The molecule has 0 saturated heterocycles. The van der Waals surface area contributed by atoms with Crippen LogP contribution in [0.4, 0.5) is 0 Å². The van der Waals surface area contributed by atoms with E-state index in [-0.39, 0.29) is 12.1 Å². The lowest BCUT2D eigenvalue weighted by Crippen LogP contribution is -2.23. The van der Waals surface area contributed by atoms with Crippen molar-refractivity contribution in [3.05, 3.63) is 63.1 Å². The van der Waals surface area contributed by atoms with Gasteiger partial charge in [-0.3, -0.25) is 0 Å². The smallest absolute Gasteiger partial charge is 0.123 e. The molecule has 0 aliphatic heterocycles. The molecule has 0 aliphatic carbocycles. The van der Waals surface area contributed by atoms with Gasteiger partial charge in [-0.2, -0.15) is 0 Å². The van der Waals surface area contributed by atoms with Crippen LogP contribution in [0.15, 0.2) is 46.9 Å². The Hall–Kier alpha value is -1.03. The van der Waals surface area contributed by atoms with E-state index in [0.717, 1.165) is 26.4 Å². The molecule has 0 heterocycles. The van der Waals surface area contributed by atoms with Crippen molar-refractivity contribution >= 4 is 27.5 Å². The summed E-state index contributed by atoms with van der Waals surface area (Å²) in [4.78, 5) is 0. The Bertz CT molecular complexity index is 617. The fraction of sp³-hybridized carbons (Fsp3) is 0.294. The highest BCUT2D eigenvalue weighted by atomic mass is 79.9. The second kappa shape index (κ2) is 7.30. The molecule has 1 N–H and O–H groups in total. The molecular formula is C17H19BrClNO. The highest BCUT2D eigenvalue weighted by Gasteiger charge is 2.16. The third kappa shape index (κ3) is 4.00. The fourth-order valence-electron chi connectivity index (χ4n) is 2.43. The van der Waals surface area contributed by atoms with E-state index < -0.39 is 0 Å². The summed E-state index contributed by atoms with van der Waals surface area (Å²) in [7, 11) is 1.70. The van der Waals surface area contributed by atoms with Gasteiger partial charge in [0, 0.05) is 27.1 Å². The SMILES string of the molecule is COc1ccccc1C(C)NC(C)c1ccc(Br)cc1Cl. The minimum absolute atomic E-state index is 0.144. The van der Waals surface area contributed by atoms with Crippen molar-refractivity contribution in [2.45, 2.75) is 25.9 Å². The molecule has 2 nitrogen and oxygen atoms in total. The fourth-order valence-corrected chi connectivity index (χ4v) is 3.27. The zero-order valence-electron chi connectivity index (χ0n) is 12.4. The van der Waals surface area contributed by atoms with Gasteiger partial charge in [-0.15, -0.1) is 0 Å². The van der Waals surface area contributed by atoms with Gasteiger partial charge in [0.05, 0.1) is 7.11 Å². The van der Waals surface area contributed by atoms with E-state index in [1.54, 1.807) is 7.11 Å². The summed E-state index contributed by atoms with van der Waals surface area (Å²) in [5, 5.41) is 4.33. The van der Waals surface area contributed by atoms with Crippen molar-refractivity contribution in [3.8, 4) is 5.75 Å². The van der Waals surface area contributed by atoms with Gasteiger partial charge >= 0.3 is 0 Å². The average molecular weight is 369 g/mol. The number of nitrogens with one attached hydrogen (secondary N) is 1. The second-order valence-electron chi connectivity index (χ2n) is 5.02. The molecule has 2 aromatic carbocycles. The van der Waals surface area contributed by atoms with E-state index in [0.29, 0.717) is 0 Å². The van der Waals surface area contributed by atoms with Crippen LogP contribution in [0.25, 0.3) is 0 Å². The van der Waals surface area contributed by atoms with Gasteiger partial charge in [0.2, 0.25) is 0 Å². The van der Waals surface area contributed by atoms with Crippen LogP contribution in [0.1, 0.15) is 37.1 Å². The standard InChI is InChI=1S/C17H19BrClNO/c1-11(14-9-8-13(18)10-16(14)19)20-12(2)15-6-4-5-7-17(15)21-3/h4-12,20H,1-3H3. The van der Waals surface area contributed by atoms with Crippen LogP contribution in [0.3, 0.4) is 0 Å². The van der Waals surface area contributed by atoms with Crippen LogP contribution in [-0.2, 0) is 0 Å². The van der Waals surface area contributed by atoms with Crippen molar-refractivity contribution in [1.29, 1.82) is 0 Å². The van der Waals surface area contributed by atoms with E-state index in [1.165, 1.54) is 0 Å². The monoisotopic (exact) mass is 367 g/mol. The zero-order valence-corrected chi connectivity index (χ0v) is 14.7. The van der Waals surface area contributed by atoms with Crippen LogP contribution >= 0.6 is 27.5 Å². The first-order chi connectivity index (χ1) is 10.0. The number of methoxy groups -OCH3 is 1. The minimum atomic E-state index is 0.144. The quantitative estimate of drug-likeness (QED) is 0.750. The third-order valence-corrected chi connectivity index (χ3v) is 4.36. The second-order valence-corrected chi connectivity index (χ2v) is 6.34. The summed E-state index contributed by atoms with van der Waals surface area (Å²) in [5.41, 5.74) is 2.22. The van der Waals surface area contributed by atoms with Crippen molar-refractivity contribution in [2.24, 2.45) is 0 Å². The number of ether oxygens (including phenoxy) is 1. The Morgan fingerprint density at radius 3 is 2.38 bits per heavy atom. The summed E-state index contributed by atoms with van der Waals surface area (Å²) in [6.07, 6.45) is 0. The Labute approximate surface area is 139 Å². The Morgan fingerprint density at radius 2 is 1.71 bits per heavy atom. The molecule has 0 aliphatic rings. The van der Waals surface area contributed by atoms with E-state index in [2.05, 4.69) is 41.2 Å². The molecule has 21 heavy (non-hydrogen) atoms.